The fourth-order valence-electron chi connectivity index (χ4n) is 2.32. The third kappa shape index (κ3) is 1.74. The second kappa shape index (κ2) is 4.53. The minimum absolute atomic E-state index is 0.325. The van der Waals surface area contributed by atoms with Crippen LogP contribution < -0.4 is 9.64 Å². The number of benzene rings is 1. The lowest BCUT2D eigenvalue weighted by Gasteiger charge is -2.34. The first-order valence-corrected chi connectivity index (χ1v) is 6.01. The molecular formula is C14H13N3O. The van der Waals surface area contributed by atoms with E-state index in [-0.39, 0.29) is 6.04 Å². The molecule has 0 radical (unpaired) electrons. The van der Waals surface area contributed by atoms with Gasteiger partial charge in [-0.1, -0.05) is 18.2 Å². The second-order valence-corrected chi connectivity index (χ2v) is 4.22. The zero-order valence-corrected chi connectivity index (χ0v) is 9.91. The van der Waals surface area contributed by atoms with Crippen LogP contribution in [0.4, 0.5) is 5.69 Å². The lowest BCUT2D eigenvalue weighted by atomic mass is 10.1. The Balaban J connectivity index is 1.98. The first-order chi connectivity index (χ1) is 8.90. The molecule has 1 unspecified atom stereocenters. The lowest BCUT2D eigenvalue weighted by molar-refractivity contribution is 0.306. The van der Waals surface area contributed by atoms with Gasteiger partial charge >= 0.3 is 0 Å². The van der Waals surface area contributed by atoms with Crippen LogP contribution in [0, 0.1) is 11.3 Å². The van der Waals surface area contributed by atoms with Crippen LogP contribution >= 0.6 is 0 Å². The van der Waals surface area contributed by atoms with Gasteiger partial charge < -0.3 is 9.64 Å². The highest BCUT2D eigenvalue weighted by Crippen LogP contribution is 2.34. The summed E-state index contributed by atoms with van der Waals surface area (Å²) in [6.45, 7) is 1.31. The molecule has 0 amide bonds. The predicted molar refractivity (Wildman–Crippen MR) is 69.9 cm³/mol. The molecule has 2 heterocycles. The van der Waals surface area contributed by atoms with Crippen molar-refractivity contribution in [2.45, 2.75) is 12.5 Å². The van der Waals surface area contributed by atoms with Gasteiger partial charge in [-0.2, -0.15) is 5.26 Å². The van der Waals surface area contributed by atoms with E-state index < -0.39 is 0 Å². The fourth-order valence-corrected chi connectivity index (χ4v) is 2.32. The number of para-hydroxylation sites is 2. The summed E-state index contributed by atoms with van der Waals surface area (Å²) in [7, 11) is 0. The van der Waals surface area contributed by atoms with E-state index in [0.29, 0.717) is 13.2 Å². The molecule has 0 aromatic heterocycles. The summed E-state index contributed by atoms with van der Waals surface area (Å²) in [5, 5.41) is 9.42. The molecule has 1 aromatic rings. The molecule has 1 atom stereocenters. The summed E-state index contributed by atoms with van der Waals surface area (Å²) in [5.74, 6) is 0.839. The van der Waals surface area contributed by atoms with Crippen LogP contribution in [0.1, 0.15) is 6.42 Å². The van der Waals surface area contributed by atoms with Gasteiger partial charge in [-0.3, -0.25) is 4.99 Å². The van der Waals surface area contributed by atoms with Gasteiger partial charge in [-0.25, -0.2) is 0 Å². The Morgan fingerprint density at radius 1 is 1.39 bits per heavy atom. The van der Waals surface area contributed by atoms with Crippen molar-refractivity contribution in [1.29, 1.82) is 5.26 Å². The standard InChI is InChI=1S/C14H13N3O/c15-10-13(11-4-3-7-16-11)17-8-9-18-14-6-2-1-5-12(14)17/h1-2,4-7,13H,3,8-9H2. The monoisotopic (exact) mass is 239 g/mol. The highest BCUT2D eigenvalue weighted by atomic mass is 16.5. The number of anilines is 1. The Morgan fingerprint density at radius 3 is 3.06 bits per heavy atom. The summed E-state index contributed by atoms with van der Waals surface area (Å²) in [5.41, 5.74) is 1.81. The van der Waals surface area contributed by atoms with Crippen molar-refractivity contribution in [1.82, 2.24) is 0 Å². The smallest absolute Gasteiger partial charge is 0.159 e. The lowest BCUT2D eigenvalue weighted by Crippen LogP contribution is -2.41. The van der Waals surface area contributed by atoms with Gasteiger partial charge in [0, 0.05) is 12.6 Å². The van der Waals surface area contributed by atoms with E-state index in [2.05, 4.69) is 16.0 Å². The first-order valence-electron chi connectivity index (χ1n) is 6.01. The molecule has 2 aliphatic heterocycles. The molecule has 18 heavy (non-hydrogen) atoms. The number of ether oxygens (including phenoxy) is 1. The van der Waals surface area contributed by atoms with Crippen molar-refractivity contribution >= 4 is 11.9 Å². The summed E-state index contributed by atoms with van der Waals surface area (Å²) in [6, 6.07) is 9.84. The van der Waals surface area contributed by atoms with Crippen LogP contribution in [-0.4, -0.2) is 25.4 Å². The van der Waals surface area contributed by atoms with E-state index in [0.717, 1.165) is 23.6 Å². The average Bonchev–Trinajstić information content (AvgIpc) is 2.94. The van der Waals surface area contributed by atoms with Crippen LogP contribution in [-0.2, 0) is 0 Å². The van der Waals surface area contributed by atoms with E-state index in [9.17, 15) is 5.26 Å². The quantitative estimate of drug-likeness (QED) is 0.794. The van der Waals surface area contributed by atoms with E-state index in [1.165, 1.54) is 0 Å². The van der Waals surface area contributed by atoms with E-state index in [1.807, 2.05) is 36.6 Å². The minimum atomic E-state index is -0.325. The number of hydrogen-bond acceptors (Lipinski definition) is 4. The van der Waals surface area contributed by atoms with Gasteiger partial charge in [-0.15, -0.1) is 0 Å². The average molecular weight is 239 g/mol. The molecule has 2 aliphatic rings. The van der Waals surface area contributed by atoms with Crippen LogP contribution in [0.2, 0.25) is 0 Å². The Kier molecular flexibility index (Phi) is 2.73. The Hall–Kier alpha value is -2.28. The van der Waals surface area contributed by atoms with Gasteiger partial charge in [0.1, 0.15) is 12.4 Å². The van der Waals surface area contributed by atoms with Gasteiger partial charge in [0.25, 0.3) is 0 Å². The highest BCUT2D eigenvalue weighted by Gasteiger charge is 2.28. The van der Waals surface area contributed by atoms with E-state index >= 15 is 0 Å². The number of rotatable bonds is 2. The number of hydrogen-bond donors (Lipinski definition) is 0. The summed E-state index contributed by atoms with van der Waals surface area (Å²) in [4.78, 5) is 6.35. The van der Waals surface area contributed by atoms with Crippen molar-refractivity contribution < 1.29 is 4.74 Å². The second-order valence-electron chi connectivity index (χ2n) is 4.22. The molecule has 0 fully saturated rings. The van der Waals surface area contributed by atoms with Gasteiger partial charge in [-0.05, 0) is 12.1 Å². The zero-order valence-electron chi connectivity index (χ0n) is 9.91. The summed E-state index contributed by atoms with van der Waals surface area (Å²) < 4.78 is 5.60. The Morgan fingerprint density at radius 2 is 2.28 bits per heavy atom. The SMILES string of the molecule is N#CC(C1=CCC=N1)N1CCOc2ccccc21. The van der Waals surface area contributed by atoms with Crippen molar-refractivity contribution in [3.05, 3.63) is 36.0 Å². The van der Waals surface area contributed by atoms with Crippen molar-refractivity contribution in [2.75, 3.05) is 18.1 Å². The molecule has 4 nitrogen and oxygen atoms in total. The van der Waals surface area contributed by atoms with Gasteiger partial charge in [0.2, 0.25) is 0 Å². The molecule has 3 rings (SSSR count). The van der Waals surface area contributed by atoms with Gasteiger partial charge in [0.15, 0.2) is 6.04 Å². The minimum Gasteiger partial charge on any atom is -0.490 e. The summed E-state index contributed by atoms with van der Waals surface area (Å²) >= 11 is 0. The fraction of sp³-hybridized carbons (Fsp3) is 0.286. The van der Waals surface area contributed by atoms with Crippen LogP contribution in [0.15, 0.2) is 41.0 Å². The Labute approximate surface area is 106 Å². The van der Waals surface area contributed by atoms with Crippen molar-refractivity contribution in [3.63, 3.8) is 0 Å². The largest absolute Gasteiger partial charge is 0.490 e. The molecule has 90 valence electrons. The molecule has 0 saturated heterocycles. The molecule has 0 aliphatic carbocycles. The molecule has 0 spiro atoms. The van der Waals surface area contributed by atoms with Crippen LogP contribution in [0.3, 0.4) is 0 Å². The number of aliphatic imine (C=N–C) groups is 1. The van der Waals surface area contributed by atoms with Crippen LogP contribution in [0.25, 0.3) is 0 Å². The summed E-state index contributed by atoms with van der Waals surface area (Å²) in [6.07, 6.45) is 4.66. The molecular weight excluding hydrogens is 226 g/mol. The molecule has 4 heteroatoms. The van der Waals surface area contributed by atoms with Crippen LogP contribution in [0.5, 0.6) is 5.75 Å². The van der Waals surface area contributed by atoms with Crippen molar-refractivity contribution in [2.24, 2.45) is 4.99 Å². The Bertz CT molecular complexity index is 556. The maximum atomic E-state index is 9.42. The first kappa shape index (κ1) is 10.8. The topological polar surface area (TPSA) is 48.6 Å². The van der Waals surface area contributed by atoms with E-state index in [1.54, 1.807) is 0 Å². The molecule has 0 saturated carbocycles. The number of nitrogens with zero attached hydrogens (tertiary/aromatic N) is 3. The molecule has 1 aromatic carbocycles. The number of fused-ring (bicyclic) bond motifs is 1. The highest BCUT2D eigenvalue weighted by molar-refractivity contribution is 5.68. The maximum Gasteiger partial charge on any atom is 0.159 e. The van der Waals surface area contributed by atoms with E-state index in [4.69, 9.17) is 4.74 Å². The number of allylic oxidation sites excluding steroid dienone is 1. The molecule has 0 bridgehead atoms. The maximum absolute atomic E-state index is 9.42. The predicted octanol–water partition coefficient (Wildman–Crippen LogP) is 2.14. The third-order valence-corrected chi connectivity index (χ3v) is 3.15. The third-order valence-electron chi connectivity index (χ3n) is 3.15. The zero-order chi connectivity index (χ0) is 12.4. The number of nitriles is 1. The van der Waals surface area contributed by atoms with Crippen molar-refractivity contribution in [3.8, 4) is 11.8 Å². The normalized spacial score (nSPS) is 18.6. The van der Waals surface area contributed by atoms with Gasteiger partial charge in [0.05, 0.1) is 24.0 Å². The molecule has 0 N–H and O–H groups in total.